The second kappa shape index (κ2) is 4.38. The summed E-state index contributed by atoms with van der Waals surface area (Å²) in [6.07, 6.45) is 4.21. The van der Waals surface area contributed by atoms with Crippen LogP contribution in [0.5, 0.6) is 5.75 Å². The van der Waals surface area contributed by atoms with Crippen molar-refractivity contribution in [3.8, 4) is 5.75 Å². The standard InChI is InChI=1S/C15H11BrO/c16-13-6-3-5-12(10-13)15-9-8-11-4-1-2-7-14(11)17-15/h1-10,15H. The average Bonchev–Trinajstić information content (AvgIpc) is 2.38. The van der Waals surface area contributed by atoms with Crippen LogP contribution in [0.3, 0.4) is 0 Å². The van der Waals surface area contributed by atoms with Crippen LogP contribution in [0.15, 0.2) is 59.1 Å². The van der Waals surface area contributed by atoms with E-state index in [9.17, 15) is 0 Å². The summed E-state index contributed by atoms with van der Waals surface area (Å²) in [5.41, 5.74) is 2.30. The van der Waals surface area contributed by atoms with Gasteiger partial charge in [-0.3, -0.25) is 0 Å². The number of benzene rings is 2. The largest absolute Gasteiger partial charge is 0.481 e. The Labute approximate surface area is 109 Å². The average molecular weight is 287 g/mol. The second-order valence-corrected chi connectivity index (χ2v) is 4.91. The lowest BCUT2D eigenvalue weighted by Gasteiger charge is -2.21. The van der Waals surface area contributed by atoms with Gasteiger partial charge in [-0.15, -0.1) is 0 Å². The van der Waals surface area contributed by atoms with Gasteiger partial charge in [0.15, 0.2) is 0 Å². The molecule has 2 heteroatoms. The third-order valence-corrected chi connectivity index (χ3v) is 3.29. The Kier molecular flexibility index (Phi) is 2.73. The van der Waals surface area contributed by atoms with Gasteiger partial charge in [-0.05, 0) is 29.8 Å². The molecule has 0 saturated carbocycles. The molecule has 0 fully saturated rings. The van der Waals surface area contributed by atoms with E-state index in [1.807, 2.05) is 30.3 Å². The maximum atomic E-state index is 5.97. The van der Waals surface area contributed by atoms with Crippen LogP contribution in [0.1, 0.15) is 17.2 Å². The van der Waals surface area contributed by atoms with E-state index in [-0.39, 0.29) is 6.10 Å². The molecule has 1 nitrogen and oxygen atoms in total. The number of ether oxygens (including phenoxy) is 1. The Hall–Kier alpha value is -1.54. The molecule has 1 aliphatic heterocycles. The van der Waals surface area contributed by atoms with Crippen LogP contribution < -0.4 is 4.74 Å². The zero-order valence-corrected chi connectivity index (χ0v) is 10.7. The van der Waals surface area contributed by atoms with Gasteiger partial charge >= 0.3 is 0 Å². The van der Waals surface area contributed by atoms with Crippen LogP contribution in [-0.4, -0.2) is 0 Å². The van der Waals surface area contributed by atoms with E-state index in [0.29, 0.717) is 0 Å². The highest BCUT2D eigenvalue weighted by molar-refractivity contribution is 9.10. The highest BCUT2D eigenvalue weighted by atomic mass is 79.9. The summed E-state index contributed by atoms with van der Waals surface area (Å²) in [4.78, 5) is 0. The van der Waals surface area contributed by atoms with Crippen LogP contribution in [0, 0.1) is 0 Å². The molecule has 2 aromatic rings. The first-order chi connectivity index (χ1) is 8.33. The molecule has 1 atom stereocenters. The van der Waals surface area contributed by atoms with Gasteiger partial charge < -0.3 is 4.74 Å². The maximum absolute atomic E-state index is 5.97. The number of hydrogen-bond donors (Lipinski definition) is 0. The van der Waals surface area contributed by atoms with Crippen molar-refractivity contribution >= 4 is 22.0 Å². The molecule has 1 unspecified atom stereocenters. The van der Waals surface area contributed by atoms with Crippen LogP contribution >= 0.6 is 15.9 Å². The summed E-state index contributed by atoms with van der Waals surface area (Å²) in [6, 6.07) is 16.3. The van der Waals surface area contributed by atoms with Gasteiger partial charge in [-0.25, -0.2) is 0 Å². The van der Waals surface area contributed by atoms with Crippen molar-refractivity contribution in [2.24, 2.45) is 0 Å². The van der Waals surface area contributed by atoms with Gasteiger partial charge in [0.2, 0.25) is 0 Å². The van der Waals surface area contributed by atoms with Crippen LogP contribution in [0.25, 0.3) is 6.08 Å². The zero-order valence-electron chi connectivity index (χ0n) is 9.14. The molecule has 0 radical (unpaired) electrons. The number of halogens is 1. The van der Waals surface area contributed by atoms with Crippen LogP contribution in [0.2, 0.25) is 0 Å². The van der Waals surface area contributed by atoms with Crippen molar-refractivity contribution in [1.82, 2.24) is 0 Å². The van der Waals surface area contributed by atoms with E-state index in [4.69, 9.17) is 4.74 Å². The summed E-state index contributed by atoms with van der Waals surface area (Å²) in [5, 5.41) is 0. The predicted octanol–water partition coefficient (Wildman–Crippen LogP) is 4.60. The first-order valence-corrected chi connectivity index (χ1v) is 6.31. The summed E-state index contributed by atoms with van der Waals surface area (Å²) in [6.45, 7) is 0. The first-order valence-electron chi connectivity index (χ1n) is 5.52. The number of fused-ring (bicyclic) bond motifs is 1. The third-order valence-electron chi connectivity index (χ3n) is 2.80. The van der Waals surface area contributed by atoms with Crippen molar-refractivity contribution in [3.05, 3.63) is 70.2 Å². The van der Waals surface area contributed by atoms with Crippen molar-refractivity contribution in [3.63, 3.8) is 0 Å². The van der Waals surface area contributed by atoms with E-state index in [1.165, 1.54) is 0 Å². The second-order valence-electron chi connectivity index (χ2n) is 3.99. The highest BCUT2D eigenvalue weighted by Gasteiger charge is 2.15. The van der Waals surface area contributed by atoms with Gasteiger partial charge in [0.25, 0.3) is 0 Å². The van der Waals surface area contributed by atoms with Crippen molar-refractivity contribution in [1.29, 1.82) is 0 Å². The normalized spacial score (nSPS) is 17.4. The lowest BCUT2D eigenvalue weighted by molar-refractivity contribution is 0.251. The lowest BCUT2D eigenvalue weighted by atomic mass is 10.0. The van der Waals surface area contributed by atoms with Gasteiger partial charge in [0.1, 0.15) is 11.9 Å². The molecule has 1 heterocycles. The Morgan fingerprint density at radius 1 is 1.00 bits per heavy atom. The van der Waals surface area contributed by atoms with E-state index >= 15 is 0 Å². The molecular weight excluding hydrogens is 276 g/mol. The topological polar surface area (TPSA) is 9.23 Å². The minimum Gasteiger partial charge on any atom is -0.481 e. The quantitative estimate of drug-likeness (QED) is 0.745. The maximum Gasteiger partial charge on any atom is 0.142 e. The van der Waals surface area contributed by atoms with E-state index in [0.717, 1.165) is 21.3 Å². The molecule has 3 rings (SSSR count). The Morgan fingerprint density at radius 2 is 1.88 bits per heavy atom. The molecule has 2 aromatic carbocycles. The lowest BCUT2D eigenvalue weighted by Crippen LogP contribution is -2.08. The first kappa shape index (κ1) is 10.6. The fourth-order valence-electron chi connectivity index (χ4n) is 1.96. The van der Waals surface area contributed by atoms with Gasteiger partial charge in [-0.1, -0.05) is 52.3 Å². The minimum atomic E-state index is 0.00222. The summed E-state index contributed by atoms with van der Waals surface area (Å²) >= 11 is 3.48. The third kappa shape index (κ3) is 2.13. The zero-order chi connectivity index (χ0) is 11.7. The van der Waals surface area contributed by atoms with Gasteiger partial charge in [0, 0.05) is 10.0 Å². The Morgan fingerprint density at radius 3 is 2.76 bits per heavy atom. The number of rotatable bonds is 1. The van der Waals surface area contributed by atoms with Crippen LogP contribution in [0.4, 0.5) is 0 Å². The summed E-state index contributed by atoms with van der Waals surface area (Å²) < 4.78 is 7.04. The molecule has 0 saturated heterocycles. The van der Waals surface area contributed by atoms with Crippen molar-refractivity contribution in [2.45, 2.75) is 6.10 Å². The molecule has 0 spiro atoms. The van der Waals surface area contributed by atoms with E-state index in [1.54, 1.807) is 0 Å². The summed E-state index contributed by atoms with van der Waals surface area (Å²) in [7, 11) is 0. The van der Waals surface area contributed by atoms with Gasteiger partial charge in [0.05, 0.1) is 0 Å². The number of para-hydroxylation sites is 1. The summed E-state index contributed by atoms with van der Waals surface area (Å²) in [5.74, 6) is 0.944. The molecule has 0 amide bonds. The molecule has 0 aromatic heterocycles. The van der Waals surface area contributed by atoms with E-state index < -0.39 is 0 Å². The smallest absolute Gasteiger partial charge is 0.142 e. The van der Waals surface area contributed by atoms with Gasteiger partial charge in [-0.2, -0.15) is 0 Å². The molecule has 0 aliphatic carbocycles. The highest BCUT2D eigenvalue weighted by Crippen LogP contribution is 2.32. The number of hydrogen-bond acceptors (Lipinski definition) is 1. The molecule has 1 aliphatic rings. The molecule has 0 N–H and O–H groups in total. The molecular formula is C15H11BrO. The van der Waals surface area contributed by atoms with E-state index in [2.05, 4.69) is 46.3 Å². The molecule has 84 valence electrons. The monoisotopic (exact) mass is 286 g/mol. The van der Waals surface area contributed by atoms with Crippen molar-refractivity contribution in [2.75, 3.05) is 0 Å². The molecule has 17 heavy (non-hydrogen) atoms. The van der Waals surface area contributed by atoms with Crippen molar-refractivity contribution < 1.29 is 4.74 Å². The fourth-order valence-corrected chi connectivity index (χ4v) is 2.37. The predicted molar refractivity (Wildman–Crippen MR) is 73.0 cm³/mol. The Balaban J connectivity index is 1.95. The van der Waals surface area contributed by atoms with Crippen LogP contribution in [-0.2, 0) is 0 Å². The molecule has 0 bridgehead atoms. The minimum absolute atomic E-state index is 0.00222. The fraction of sp³-hybridized carbons (Fsp3) is 0.0667. The Bertz CT molecular complexity index is 575. The SMILES string of the molecule is Brc1cccc(C2C=Cc3ccccc3O2)c1.